The molecular weight excluding hydrogens is 253 g/mol. The third kappa shape index (κ3) is 2.95. The van der Waals surface area contributed by atoms with Crippen molar-refractivity contribution in [3.63, 3.8) is 0 Å². The van der Waals surface area contributed by atoms with Crippen molar-refractivity contribution in [3.8, 4) is 0 Å². The summed E-state index contributed by atoms with van der Waals surface area (Å²) < 4.78 is 0.929. The molecule has 0 bridgehead atoms. The molecule has 0 aromatic heterocycles. The van der Waals surface area contributed by atoms with Crippen molar-refractivity contribution in [3.05, 3.63) is 33.3 Å². The molecule has 72 valence electrons. The fraction of sp³-hybridized carbons (Fsp3) is 0.333. The van der Waals surface area contributed by atoms with Crippen LogP contribution in [0.2, 0.25) is 5.02 Å². The van der Waals surface area contributed by atoms with Crippen LogP contribution in [-0.2, 0) is 0 Å². The molecule has 1 rings (SSSR count). The van der Waals surface area contributed by atoms with Gasteiger partial charge >= 0.3 is 0 Å². The van der Waals surface area contributed by atoms with Gasteiger partial charge in [0.2, 0.25) is 0 Å². The Morgan fingerprint density at radius 2 is 2.23 bits per heavy atom. The molecule has 2 nitrogen and oxygen atoms in total. The monoisotopic (exact) mass is 263 g/mol. The lowest BCUT2D eigenvalue weighted by atomic mass is 10.1. The second-order valence-electron chi connectivity index (χ2n) is 2.78. The Morgan fingerprint density at radius 3 is 2.85 bits per heavy atom. The standard InChI is InChI=1S/C9H11BrClNO/c10-8-2-1-6(11)5-7(8)9(12)3-4-13/h1-2,5,9,13H,3-4,12H2/t9-/m0/s1. The Hall–Kier alpha value is -0.0900. The summed E-state index contributed by atoms with van der Waals surface area (Å²) in [5.74, 6) is 0. The Kier molecular flexibility index (Phi) is 4.19. The van der Waals surface area contributed by atoms with E-state index in [2.05, 4.69) is 15.9 Å². The zero-order valence-corrected chi connectivity index (χ0v) is 9.35. The highest BCUT2D eigenvalue weighted by Gasteiger charge is 2.09. The van der Waals surface area contributed by atoms with Crippen LogP contribution in [0.5, 0.6) is 0 Å². The van der Waals surface area contributed by atoms with Crippen molar-refractivity contribution in [2.24, 2.45) is 5.73 Å². The van der Waals surface area contributed by atoms with Crippen LogP contribution in [0.15, 0.2) is 22.7 Å². The number of aliphatic hydroxyl groups is 1. The molecule has 3 N–H and O–H groups in total. The molecule has 0 aliphatic heterocycles. The highest BCUT2D eigenvalue weighted by molar-refractivity contribution is 9.10. The molecular formula is C9H11BrClNO. The van der Waals surface area contributed by atoms with Gasteiger partial charge in [0.1, 0.15) is 0 Å². The minimum atomic E-state index is -0.168. The Labute approximate surface area is 90.8 Å². The summed E-state index contributed by atoms with van der Waals surface area (Å²) >= 11 is 9.20. The van der Waals surface area contributed by atoms with Gasteiger partial charge in [-0.2, -0.15) is 0 Å². The number of benzene rings is 1. The Morgan fingerprint density at radius 1 is 1.54 bits per heavy atom. The third-order valence-corrected chi connectivity index (χ3v) is 2.75. The normalized spacial score (nSPS) is 12.9. The maximum Gasteiger partial charge on any atom is 0.0449 e. The summed E-state index contributed by atoms with van der Waals surface area (Å²) in [6.07, 6.45) is 0.541. The van der Waals surface area contributed by atoms with Crippen LogP contribution >= 0.6 is 27.5 Å². The predicted octanol–water partition coefficient (Wildman–Crippen LogP) is 2.48. The van der Waals surface area contributed by atoms with Gasteiger partial charge in [-0.05, 0) is 30.2 Å². The molecule has 1 aromatic rings. The maximum atomic E-state index is 8.73. The lowest BCUT2D eigenvalue weighted by molar-refractivity contribution is 0.276. The molecule has 0 amide bonds. The molecule has 13 heavy (non-hydrogen) atoms. The third-order valence-electron chi connectivity index (χ3n) is 1.80. The fourth-order valence-electron chi connectivity index (χ4n) is 1.09. The number of halogens is 2. The van der Waals surface area contributed by atoms with Gasteiger partial charge in [-0.25, -0.2) is 0 Å². The van der Waals surface area contributed by atoms with Crippen LogP contribution < -0.4 is 5.73 Å². The molecule has 0 radical (unpaired) electrons. The first-order valence-corrected chi connectivity index (χ1v) is 5.13. The largest absolute Gasteiger partial charge is 0.396 e. The SMILES string of the molecule is N[C@@H](CCO)c1cc(Cl)ccc1Br. The van der Waals surface area contributed by atoms with Gasteiger partial charge in [0, 0.05) is 22.1 Å². The minimum absolute atomic E-state index is 0.0835. The molecule has 0 heterocycles. The quantitative estimate of drug-likeness (QED) is 0.881. The molecule has 0 saturated heterocycles. The van der Waals surface area contributed by atoms with Crippen LogP contribution in [0, 0.1) is 0 Å². The molecule has 0 unspecified atom stereocenters. The van der Waals surface area contributed by atoms with Crippen LogP contribution in [0.25, 0.3) is 0 Å². The van der Waals surface area contributed by atoms with Crippen molar-refractivity contribution >= 4 is 27.5 Å². The number of nitrogens with two attached hydrogens (primary N) is 1. The number of aliphatic hydroxyl groups excluding tert-OH is 1. The van der Waals surface area contributed by atoms with Crippen LogP contribution in [0.3, 0.4) is 0 Å². The van der Waals surface area contributed by atoms with E-state index >= 15 is 0 Å². The van der Waals surface area contributed by atoms with Crippen molar-refractivity contribution < 1.29 is 5.11 Å². The molecule has 4 heteroatoms. The lowest BCUT2D eigenvalue weighted by Crippen LogP contribution is -2.12. The predicted molar refractivity (Wildman–Crippen MR) is 57.8 cm³/mol. The van der Waals surface area contributed by atoms with Gasteiger partial charge in [0.05, 0.1) is 0 Å². The van der Waals surface area contributed by atoms with E-state index in [-0.39, 0.29) is 12.6 Å². The summed E-state index contributed by atoms with van der Waals surface area (Å²) in [5.41, 5.74) is 6.76. The van der Waals surface area contributed by atoms with Crippen LogP contribution in [0.4, 0.5) is 0 Å². The maximum absolute atomic E-state index is 8.73. The van der Waals surface area contributed by atoms with E-state index in [1.165, 1.54) is 0 Å². The summed E-state index contributed by atoms with van der Waals surface area (Å²) in [6, 6.07) is 5.29. The Bertz CT molecular complexity index is 293. The zero-order valence-electron chi connectivity index (χ0n) is 7.00. The van der Waals surface area contributed by atoms with Gasteiger partial charge in [0.15, 0.2) is 0 Å². The molecule has 0 aliphatic rings. The van der Waals surface area contributed by atoms with Crippen molar-refractivity contribution in [1.82, 2.24) is 0 Å². The van der Waals surface area contributed by atoms with Gasteiger partial charge < -0.3 is 10.8 Å². The number of rotatable bonds is 3. The van der Waals surface area contributed by atoms with Gasteiger partial charge in [-0.1, -0.05) is 27.5 Å². The van der Waals surface area contributed by atoms with E-state index in [4.69, 9.17) is 22.4 Å². The average molecular weight is 265 g/mol. The summed E-state index contributed by atoms with van der Waals surface area (Å²) in [5, 5.41) is 9.39. The zero-order chi connectivity index (χ0) is 9.84. The minimum Gasteiger partial charge on any atom is -0.396 e. The second kappa shape index (κ2) is 4.96. The summed E-state index contributed by atoms with van der Waals surface area (Å²) in [7, 11) is 0. The second-order valence-corrected chi connectivity index (χ2v) is 4.08. The van der Waals surface area contributed by atoms with E-state index in [0.29, 0.717) is 11.4 Å². The highest BCUT2D eigenvalue weighted by atomic mass is 79.9. The van der Waals surface area contributed by atoms with Crippen molar-refractivity contribution in [1.29, 1.82) is 0 Å². The number of hydrogen-bond acceptors (Lipinski definition) is 2. The van der Waals surface area contributed by atoms with E-state index < -0.39 is 0 Å². The first-order valence-electron chi connectivity index (χ1n) is 3.96. The highest BCUT2D eigenvalue weighted by Crippen LogP contribution is 2.26. The fourth-order valence-corrected chi connectivity index (χ4v) is 1.81. The topological polar surface area (TPSA) is 46.2 Å². The van der Waals surface area contributed by atoms with Gasteiger partial charge in [-0.3, -0.25) is 0 Å². The smallest absolute Gasteiger partial charge is 0.0449 e. The lowest BCUT2D eigenvalue weighted by Gasteiger charge is -2.12. The van der Waals surface area contributed by atoms with E-state index in [9.17, 15) is 0 Å². The number of hydrogen-bond donors (Lipinski definition) is 2. The first kappa shape index (κ1) is 11.0. The molecule has 0 spiro atoms. The van der Waals surface area contributed by atoms with Gasteiger partial charge in [-0.15, -0.1) is 0 Å². The van der Waals surface area contributed by atoms with Crippen LogP contribution in [-0.4, -0.2) is 11.7 Å². The van der Waals surface area contributed by atoms with E-state index in [1.807, 2.05) is 12.1 Å². The molecule has 0 saturated carbocycles. The van der Waals surface area contributed by atoms with Gasteiger partial charge in [0.25, 0.3) is 0 Å². The van der Waals surface area contributed by atoms with E-state index in [0.717, 1.165) is 10.0 Å². The molecule has 0 fully saturated rings. The average Bonchev–Trinajstić information content (AvgIpc) is 2.09. The van der Waals surface area contributed by atoms with Crippen LogP contribution in [0.1, 0.15) is 18.0 Å². The molecule has 1 aromatic carbocycles. The Balaban J connectivity index is 2.91. The summed E-state index contributed by atoms with van der Waals surface area (Å²) in [4.78, 5) is 0. The first-order chi connectivity index (χ1) is 6.15. The van der Waals surface area contributed by atoms with Crippen molar-refractivity contribution in [2.45, 2.75) is 12.5 Å². The summed E-state index contributed by atoms with van der Waals surface area (Å²) in [6.45, 7) is 0.0835. The van der Waals surface area contributed by atoms with E-state index in [1.54, 1.807) is 6.07 Å². The molecule has 0 aliphatic carbocycles. The molecule has 1 atom stereocenters. The van der Waals surface area contributed by atoms with Crippen molar-refractivity contribution in [2.75, 3.05) is 6.61 Å².